The van der Waals surface area contributed by atoms with E-state index in [1.54, 1.807) is 51.8 Å². The molecular formula is C26H18F5N2P+2. The fourth-order valence-corrected chi connectivity index (χ4v) is 8.03. The number of rotatable bonds is 2. The van der Waals surface area contributed by atoms with Crippen molar-refractivity contribution >= 4 is 23.9 Å². The fraction of sp³-hybridized carbons (Fsp3) is 0.154. The Morgan fingerprint density at radius 1 is 0.853 bits per heavy atom. The number of fused-ring (bicyclic) bond motifs is 5. The van der Waals surface area contributed by atoms with E-state index in [0.29, 0.717) is 34.0 Å². The van der Waals surface area contributed by atoms with Crippen LogP contribution in [0.25, 0.3) is 27.3 Å². The Labute approximate surface area is 192 Å². The average Bonchev–Trinajstić information content (AvgIpc) is 3.11. The van der Waals surface area contributed by atoms with Crippen LogP contribution in [0, 0.1) is 23.3 Å². The maximum Gasteiger partial charge on any atom is 0.449 e. The monoisotopic (exact) mass is 484 g/mol. The van der Waals surface area contributed by atoms with Crippen LogP contribution in [0.5, 0.6) is 0 Å². The summed E-state index contributed by atoms with van der Waals surface area (Å²) in [5.74, 6) is -2.96. The first-order valence-electron chi connectivity index (χ1n) is 10.8. The second-order valence-electron chi connectivity index (χ2n) is 8.57. The molecule has 0 radical (unpaired) electrons. The van der Waals surface area contributed by atoms with Gasteiger partial charge in [0.25, 0.3) is 5.67 Å². The molecule has 2 unspecified atom stereocenters. The van der Waals surface area contributed by atoms with E-state index in [0.717, 1.165) is 12.1 Å². The van der Waals surface area contributed by atoms with Crippen LogP contribution in [-0.2, 0) is 12.1 Å². The Morgan fingerprint density at radius 2 is 1.53 bits per heavy atom. The molecule has 0 N–H and O–H groups in total. The zero-order chi connectivity index (χ0) is 23.9. The Morgan fingerprint density at radius 3 is 2.29 bits per heavy atom. The summed E-state index contributed by atoms with van der Waals surface area (Å²) in [6, 6.07) is 14.0. The van der Waals surface area contributed by atoms with E-state index in [9.17, 15) is 8.78 Å². The van der Waals surface area contributed by atoms with Gasteiger partial charge in [-0.3, -0.25) is 0 Å². The maximum atomic E-state index is 16.5. The number of halogens is 5. The number of aromatic nitrogens is 2. The number of pyridine rings is 2. The van der Waals surface area contributed by atoms with Gasteiger partial charge in [0.05, 0.1) is 5.56 Å². The molecule has 0 aliphatic carbocycles. The van der Waals surface area contributed by atoms with Gasteiger partial charge in [-0.05, 0) is 43.2 Å². The SMILES string of the molecule is CCc1cc(F)cc(F)c1-c1cccc2[n+]1-p1c3cc(F)cc(F)c3c3cccc([n+]31)C2(C)F. The molecule has 2 nitrogen and oxygen atoms in total. The van der Waals surface area contributed by atoms with Crippen molar-refractivity contribution in [2.75, 3.05) is 0 Å². The van der Waals surface area contributed by atoms with Crippen LogP contribution in [0.1, 0.15) is 30.8 Å². The van der Waals surface area contributed by atoms with Gasteiger partial charge < -0.3 is 0 Å². The summed E-state index contributed by atoms with van der Waals surface area (Å²) >= 11 is 0. The smallest absolute Gasteiger partial charge is 0.220 e. The number of benzene rings is 2. The predicted molar refractivity (Wildman–Crippen MR) is 119 cm³/mol. The van der Waals surface area contributed by atoms with Crippen molar-refractivity contribution in [3.05, 3.63) is 101 Å². The minimum Gasteiger partial charge on any atom is -0.220 e. The van der Waals surface area contributed by atoms with Crippen molar-refractivity contribution in [3.8, 4) is 11.3 Å². The molecule has 3 aromatic heterocycles. The Bertz CT molecular complexity index is 1670. The normalized spacial score (nSPS) is 17.4. The quantitative estimate of drug-likeness (QED) is 0.253. The van der Waals surface area contributed by atoms with Crippen LogP contribution in [0.4, 0.5) is 22.0 Å². The Hall–Kier alpha value is -3.31. The lowest BCUT2D eigenvalue weighted by Crippen LogP contribution is -2.52. The van der Waals surface area contributed by atoms with Gasteiger partial charge in [0, 0.05) is 36.4 Å². The molecule has 0 spiro atoms. The molecule has 5 aromatic rings. The maximum absolute atomic E-state index is 16.5. The Balaban J connectivity index is 1.88. The molecule has 1 aliphatic rings. The summed E-state index contributed by atoms with van der Waals surface area (Å²) in [5.41, 5.74) is -0.143. The summed E-state index contributed by atoms with van der Waals surface area (Å²) in [5, 5.41) is 0.574. The van der Waals surface area contributed by atoms with Crippen molar-refractivity contribution in [1.29, 1.82) is 0 Å². The predicted octanol–water partition coefficient (Wildman–Crippen LogP) is 6.50. The van der Waals surface area contributed by atoms with Gasteiger partial charge in [-0.2, -0.15) is 0 Å². The number of nitrogens with zero attached hydrogens (tertiary/aromatic N) is 2. The van der Waals surface area contributed by atoms with Crippen LogP contribution in [0.2, 0.25) is 0 Å². The van der Waals surface area contributed by atoms with Crippen LogP contribution in [0.3, 0.4) is 0 Å². The number of hydrogen-bond donors (Lipinski definition) is 0. The van der Waals surface area contributed by atoms with E-state index in [2.05, 4.69) is 0 Å². The van der Waals surface area contributed by atoms with Crippen molar-refractivity contribution in [2.45, 2.75) is 25.9 Å². The van der Waals surface area contributed by atoms with Gasteiger partial charge >= 0.3 is 7.84 Å². The lowest BCUT2D eigenvalue weighted by molar-refractivity contribution is -0.599. The molecule has 0 amide bonds. The third-order valence-electron chi connectivity index (χ3n) is 6.55. The fourth-order valence-electron chi connectivity index (χ4n) is 5.10. The van der Waals surface area contributed by atoms with Gasteiger partial charge in [-0.15, -0.1) is 0 Å². The van der Waals surface area contributed by atoms with Crippen LogP contribution >= 0.6 is 7.84 Å². The molecule has 8 heteroatoms. The number of hydrogen-bond acceptors (Lipinski definition) is 0. The third-order valence-corrected chi connectivity index (χ3v) is 8.95. The van der Waals surface area contributed by atoms with E-state index < -0.39 is 36.8 Å². The van der Waals surface area contributed by atoms with Crippen molar-refractivity contribution in [3.63, 3.8) is 0 Å². The average molecular weight is 484 g/mol. The van der Waals surface area contributed by atoms with Gasteiger partial charge in [-0.1, -0.05) is 15.4 Å². The number of aryl methyl sites for hydroxylation is 1. The summed E-state index contributed by atoms with van der Waals surface area (Å²) in [6.45, 7) is 3.18. The minimum absolute atomic E-state index is 0.149. The van der Waals surface area contributed by atoms with Gasteiger partial charge in [0.2, 0.25) is 22.6 Å². The molecule has 2 aromatic carbocycles. The van der Waals surface area contributed by atoms with Crippen molar-refractivity contribution in [2.24, 2.45) is 0 Å². The van der Waals surface area contributed by atoms with Gasteiger partial charge in [-0.25, -0.2) is 22.0 Å². The third kappa shape index (κ3) is 2.67. The highest BCUT2D eigenvalue weighted by atomic mass is 31.1. The molecule has 0 saturated carbocycles. The standard InChI is InChI=1S/C26H18F5N2P/c1-3-14-10-15(27)11-17(29)24(14)19-6-4-8-22-26(2,31)23-9-5-7-20-25-18(30)12-16(28)13-21(25)34(32(19)22)33(20)23/h4-13H,3H2,1-2H3/q+2. The molecule has 0 saturated heterocycles. The molecule has 170 valence electrons. The summed E-state index contributed by atoms with van der Waals surface area (Å²) < 4.78 is 78.6. The molecule has 34 heavy (non-hydrogen) atoms. The lowest BCUT2D eigenvalue weighted by atomic mass is 9.96. The van der Waals surface area contributed by atoms with Crippen molar-refractivity contribution in [1.82, 2.24) is 0 Å². The number of alkyl halides is 1. The highest BCUT2D eigenvalue weighted by Gasteiger charge is 2.54. The molecule has 6 rings (SSSR count). The Kier molecular flexibility index (Phi) is 4.43. The van der Waals surface area contributed by atoms with Crippen molar-refractivity contribution < 1.29 is 30.5 Å². The largest absolute Gasteiger partial charge is 0.449 e. The van der Waals surface area contributed by atoms with Crippen LogP contribution in [0.15, 0.2) is 60.7 Å². The summed E-state index contributed by atoms with van der Waals surface area (Å²) in [4.78, 5) is 0. The lowest BCUT2D eigenvalue weighted by Gasteiger charge is -2.20. The van der Waals surface area contributed by atoms with E-state index in [1.807, 2.05) is 0 Å². The first-order valence-corrected chi connectivity index (χ1v) is 12.1. The second kappa shape index (κ2) is 7.09. The van der Waals surface area contributed by atoms with E-state index >= 15 is 13.2 Å². The van der Waals surface area contributed by atoms with Crippen LogP contribution < -0.4 is 8.50 Å². The van der Waals surface area contributed by atoms with E-state index in [-0.39, 0.29) is 16.6 Å². The van der Waals surface area contributed by atoms with E-state index in [1.165, 1.54) is 19.1 Å². The zero-order valence-electron chi connectivity index (χ0n) is 18.2. The van der Waals surface area contributed by atoms with Gasteiger partial charge in [0.15, 0.2) is 0 Å². The first-order chi connectivity index (χ1) is 16.2. The summed E-state index contributed by atoms with van der Waals surface area (Å²) in [6.07, 6.45) is 0.341. The molecule has 0 fully saturated rings. The summed E-state index contributed by atoms with van der Waals surface area (Å²) in [7, 11) is -1.74. The molecule has 0 bridgehead atoms. The van der Waals surface area contributed by atoms with Gasteiger partial charge in [0.1, 0.15) is 33.8 Å². The molecular weight excluding hydrogens is 466 g/mol. The molecule has 4 heterocycles. The topological polar surface area (TPSA) is 7.98 Å². The highest BCUT2D eigenvalue weighted by Crippen LogP contribution is 2.45. The van der Waals surface area contributed by atoms with E-state index in [4.69, 9.17) is 0 Å². The first kappa shape index (κ1) is 21.2. The van der Waals surface area contributed by atoms with Crippen LogP contribution in [-0.4, -0.2) is 0 Å². The zero-order valence-corrected chi connectivity index (χ0v) is 19.1. The second-order valence-corrected chi connectivity index (χ2v) is 10.4. The molecule has 2 atom stereocenters. The highest BCUT2D eigenvalue weighted by molar-refractivity contribution is 7.42. The minimum atomic E-state index is -2.01. The molecule has 1 aliphatic heterocycles.